The van der Waals surface area contributed by atoms with E-state index in [2.05, 4.69) is 16.7 Å². The quantitative estimate of drug-likeness (QED) is 0.393. The van der Waals surface area contributed by atoms with E-state index in [1.165, 1.54) is 0 Å². The topological polar surface area (TPSA) is 100 Å². The number of nitrogens with one attached hydrogen (secondary N) is 2. The molecule has 0 spiro atoms. The minimum Gasteiger partial charge on any atom is -0.433 e. The number of hydrogen-bond acceptors (Lipinski definition) is 5. The normalized spacial score (nSPS) is 15.4. The lowest BCUT2D eigenvalue weighted by Crippen LogP contribution is -2.54. The van der Waals surface area contributed by atoms with Crippen LogP contribution in [0.3, 0.4) is 0 Å². The Balaban J connectivity index is 1.38. The van der Waals surface area contributed by atoms with Crippen LogP contribution in [0.15, 0.2) is 66.7 Å². The standard InChI is InChI=1S/C28H28ClN3O4/c29-25-11-5-4-10-22(25)18-35-19-24(17-30)31-26(33)28(14-6-1-7-15-28)36-27(34)32-23-13-12-20-8-2-3-9-21(20)16-23/h2-5,8-13,16,24H,1,6-7,14-15,18-19H2,(H,31,33)(H,32,34). The maximum absolute atomic E-state index is 13.3. The monoisotopic (exact) mass is 505 g/mol. The summed E-state index contributed by atoms with van der Waals surface area (Å²) < 4.78 is 11.4. The molecule has 1 aliphatic carbocycles. The van der Waals surface area contributed by atoms with Gasteiger partial charge in [0.1, 0.15) is 6.04 Å². The molecular weight excluding hydrogens is 478 g/mol. The Morgan fingerprint density at radius 3 is 2.47 bits per heavy atom. The highest BCUT2D eigenvalue weighted by molar-refractivity contribution is 6.31. The number of halogens is 1. The van der Waals surface area contributed by atoms with Gasteiger partial charge in [0.25, 0.3) is 5.91 Å². The Labute approximate surface area is 215 Å². The van der Waals surface area contributed by atoms with Gasteiger partial charge in [-0.25, -0.2) is 4.79 Å². The summed E-state index contributed by atoms with van der Waals surface area (Å²) >= 11 is 6.14. The third-order valence-corrected chi connectivity index (χ3v) is 6.69. The lowest BCUT2D eigenvalue weighted by molar-refractivity contribution is -0.143. The van der Waals surface area contributed by atoms with Crippen LogP contribution in [-0.2, 0) is 20.9 Å². The van der Waals surface area contributed by atoms with Gasteiger partial charge in [0.15, 0.2) is 5.60 Å². The molecule has 8 heteroatoms. The molecule has 36 heavy (non-hydrogen) atoms. The number of nitrogens with zero attached hydrogens (tertiary/aromatic N) is 1. The average molecular weight is 506 g/mol. The van der Waals surface area contributed by atoms with E-state index in [4.69, 9.17) is 21.1 Å². The number of carbonyl (C=O) groups excluding carboxylic acids is 2. The van der Waals surface area contributed by atoms with Crippen LogP contribution in [0.25, 0.3) is 10.8 Å². The number of benzene rings is 3. The molecule has 0 radical (unpaired) electrons. The van der Waals surface area contributed by atoms with Gasteiger partial charge in [-0.1, -0.05) is 66.6 Å². The second kappa shape index (κ2) is 11.9. The molecule has 0 aromatic heterocycles. The number of carbonyl (C=O) groups is 2. The van der Waals surface area contributed by atoms with Gasteiger partial charge in [-0.15, -0.1) is 0 Å². The van der Waals surface area contributed by atoms with Gasteiger partial charge < -0.3 is 14.8 Å². The second-order valence-electron chi connectivity index (χ2n) is 8.89. The van der Waals surface area contributed by atoms with Crippen molar-refractivity contribution in [3.05, 3.63) is 77.3 Å². The number of ether oxygens (including phenoxy) is 2. The van der Waals surface area contributed by atoms with Crippen LogP contribution in [-0.4, -0.2) is 30.3 Å². The van der Waals surface area contributed by atoms with Crippen molar-refractivity contribution in [3.63, 3.8) is 0 Å². The fraction of sp³-hybridized carbons (Fsp3) is 0.321. The molecule has 0 saturated heterocycles. The predicted molar refractivity (Wildman–Crippen MR) is 139 cm³/mol. The fourth-order valence-electron chi connectivity index (χ4n) is 4.39. The average Bonchev–Trinajstić information content (AvgIpc) is 2.89. The van der Waals surface area contributed by atoms with Crippen LogP contribution >= 0.6 is 11.6 Å². The molecule has 2 N–H and O–H groups in total. The second-order valence-corrected chi connectivity index (χ2v) is 9.30. The molecule has 3 aromatic rings. The smallest absolute Gasteiger partial charge is 0.412 e. The molecular formula is C28H28ClN3O4. The molecule has 1 aliphatic rings. The van der Waals surface area contributed by atoms with Crippen LogP contribution < -0.4 is 10.6 Å². The van der Waals surface area contributed by atoms with Gasteiger partial charge in [0.2, 0.25) is 0 Å². The summed E-state index contributed by atoms with van der Waals surface area (Å²) in [4.78, 5) is 26.1. The molecule has 1 unspecified atom stereocenters. The highest BCUT2D eigenvalue weighted by Gasteiger charge is 2.44. The zero-order chi connectivity index (χ0) is 25.4. The van der Waals surface area contributed by atoms with E-state index in [-0.39, 0.29) is 13.2 Å². The van der Waals surface area contributed by atoms with E-state index in [0.29, 0.717) is 23.6 Å². The molecule has 0 heterocycles. The molecule has 2 amide bonds. The molecule has 3 aromatic carbocycles. The van der Waals surface area contributed by atoms with Crippen molar-refractivity contribution in [3.8, 4) is 6.07 Å². The van der Waals surface area contributed by atoms with E-state index in [1.807, 2.05) is 54.6 Å². The van der Waals surface area contributed by atoms with Crippen molar-refractivity contribution in [2.45, 2.75) is 50.4 Å². The van der Waals surface area contributed by atoms with Crippen LogP contribution in [0.4, 0.5) is 10.5 Å². The fourth-order valence-corrected chi connectivity index (χ4v) is 4.58. The summed E-state index contributed by atoms with van der Waals surface area (Å²) in [6.07, 6.45) is 2.53. The summed E-state index contributed by atoms with van der Waals surface area (Å²) in [6, 6.07) is 21.8. The molecule has 0 aliphatic heterocycles. The van der Waals surface area contributed by atoms with E-state index in [0.717, 1.165) is 35.6 Å². The first kappa shape index (κ1) is 25.5. The zero-order valence-corrected chi connectivity index (χ0v) is 20.6. The summed E-state index contributed by atoms with van der Waals surface area (Å²) in [7, 11) is 0. The number of amides is 2. The molecule has 1 fully saturated rings. The number of fused-ring (bicyclic) bond motifs is 1. The van der Waals surface area contributed by atoms with Gasteiger partial charge in [0, 0.05) is 10.7 Å². The first-order valence-corrected chi connectivity index (χ1v) is 12.4. The molecule has 1 atom stereocenters. The van der Waals surface area contributed by atoms with Crippen molar-refractivity contribution < 1.29 is 19.1 Å². The maximum Gasteiger partial charge on any atom is 0.412 e. The summed E-state index contributed by atoms with van der Waals surface area (Å²) in [5, 5.41) is 17.6. The zero-order valence-electron chi connectivity index (χ0n) is 19.8. The van der Waals surface area contributed by atoms with Gasteiger partial charge in [-0.3, -0.25) is 10.1 Å². The minimum absolute atomic E-state index is 0.0210. The molecule has 186 valence electrons. The van der Waals surface area contributed by atoms with Crippen LogP contribution in [0.2, 0.25) is 5.02 Å². The van der Waals surface area contributed by atoms with Gasteiger partial charge in [0.05, 0.1) is 19.3 Å². The van der Waals surface area contributed by atoms with E-state index in [9.17, 15) is 14.9 Å². The molecule has 1 saturated carbocycles. The molecule has 0 bridgehead atoms. The lowest BCUT2D eigenvalue weighted by Gasteiger charge is -2.35. The largest absolute Gasteiger partial charge is 0.433 e. The summed E-state index contributed by atoms with van der Waals surface area (Å²) in [5.41, 5.74) is 0.0318. The Hall–Kier alpha value is -3.60. The highest BCUT2D eigenvalue weighted by atomic mass is 35.5. The maximum atomic E-state index is 13.3. The van der Waals surface area contributed by atoms with Gasteiger partial charge >= 0.3 is 6.09 Å². The third-order valence-electron chi connectivity index (χ3n) is 6.32. The van der Waals surface area contributed by atoms with E-state index >= 15 is 0 Å². The van der Waals surface area contributed by atoms with Crippen LogP contribution in [0.5, 0.6) is 0 Å². The van der Waals surface area contributed by atoms with E-state index in [1.54, 1.807) is 12.1 Å². The van der Waals surface area contributed by atoms with Gasteiger partial charge in [-0.2, -0.15) is 5.26 Å². The SMILES string of the molecule is N#CC(COCc1ccccc1Cl)NC(=O)C1(OC(=O)Nc2ccc3ccccc3c2)CCCCC1. The molecule has 4 rings (SSSR count). The van der Waals surface area contributed by atoms with Crippen molar-refractivity contribution in [1.29, 1.82) is 5.26 Å². The van der Waals surface area contributed by atoms with Crippen molar-refractivity contribution in [2.24, 2.45) is 0 Å². The first-order chi connectivity index (χ1) is 17.5. The minimum atomic E-state index is -1.34. The van der Waals surface area contributed by atoms with Crippen molar-refractivity contribution in [2.75, 3.05) is 11.9 Å². The van der Waals surface area contributed by atoms with Crippen LogP contribution in [0.1, 0.15) is 37.7 Å². The highest BCUT2D eigenvalue weighted by Crippen LogP contribution is 2.33. The Morgan fingerprint density at radius 1 is 1.00 bits per heavy atom. The summed E-state index contributed by atoms with van der Waals surface area (Å²) in [6.45, 7) is 0.191. The Bertz CT molecular complexity index is 1270. The predicted octanol–water partition coefficient (Wildman–Crippen LogP) is 5.97. The lowest BCUT2D eigenvalue weighted by atomic mass is 9.83. The number of nitriles is 1. The van der Waals surface area contributed by atoms with E-state index < -0.39 is 23.6 Å². The number of rotatable bonds is 8. The van der Waals surface area contributed by atoms with Crippen molar-refractivity contribution in [1.82, 2.24) is 5.32 Å². The Kier molecular flexibility index (Phi) is 8.42. The summed E-state index contributed by atoms with van der Waals surface area (Å²) in [5.74, 6) is -0.483. The third kappa shape index (κ3) is 6.34. The van der Waals surface area contributed by atoms with Crippen molar-refractivity contribution >= 4 is 40.1 Å². The Morgan fingerprint density at radius 2 is 1.72 bits per heavy atom. The first-order valence-electron chi connectivity index (χ1n) is 12.0. The van der Waals surface area contributed by atoms with Crippen LogP contribution in [0, 0.1) is 11.3 Å². The molecule has 7 nitrogen and oxygen atoms in total. The number of hydrogen-bond donors (Lipinski definition) is 2. The number of anilines is 1. The van der Waals surface area contributed by atoms with Gasteiger partial charge in [-0.05, 0) is 60.2 Å².